The maximum Gasteiger partial charge on any atom is 0.216 e. The average Bonchev–Trinajstić information content (AvgIpc) is 3.00. The first-order valence-electron chi connectivity index (χ1n) is 7.80. The Morgan fingerprint density at radius 1 is 1.23 bits per heavy atom. The van der Waals surface area contributed by atoms with Gasteiger partial charge in [-0.15, -0.1) is 0 Å². The molecule has 8 nitrogen and oxygen atoms in total. The first-order valence-corrected chi connectivity index (χ1v) is 8.21. The van der Waals surface area contributed by atoms with Crippen LogP contribution in [0.3, 0.4) is 0 Å². The first-order chi connectivity index (χ1) is 12.6. The number of aromatic hydroxyl groups is 2. The molecule has 1 aromatic heterocycles. The molecule has 0 aliphatic carbocycles. The van der Waals surface area contributed by atoms with Crippen molar-refractivity contribution >= 4 is 18.4 Å². The minimum Gasteiger partial charge on any atom is -0.504 e. The summed E-state index contributed by atoms with van der Waals surface area (Å²) in [6.45, 7) is 2.52. The second-order valence-corrected chi connectivity index (χ2v) is 5.64. The van der Waals surface area contributed by atoms with Crippen LogP contribution >= 0.6 is 12.2 Å². The number of nitrogens with one attached hydrogen (secondary N) is 2. The molecule has 0 radical (unpaired) electrons. The van der Waals surface area contributed by atoms with E-state index in [1.165, 1.54) is 23.0 Å². The lowest BCUT2D eigenvalue weighted by Gasteiger charge is -2.07. The van der Waals surface area contributed by atoms with E-state index >= 15 is 0 Å². The van der Waals surface area contributed by atoms with E-state index in [0.29, 0.717) is 22.8 Å². The molecular formula is C17H17N5O3S. The highest BCUT2D eigenvalue weighted by molar-refractivity contribution is 7.71. The molecule has 2 aromatic carbocycles. The van der Waals surface area contributed by atoms with Crippen molar-refractivity contribution in [1.29, 1.82) is 0 Å². The number of hydrazone groups is 1. The molecule has 26 heavy (non-hydrogen) atoms. The Morgan fingerprint density at radius 2 is 2.00 bits per heavy atom. The fraction of sp³-hybridized carbons (Fsp3) is 0.118. The molecule has 134 valence electrons. The maximum atomic E-state index is 9.50. The molecule has 0 spiro atoms. The number of benzene rings is 2. The van der Waals surface area contributed by atoms with Crippen molar-refractivity contribution in [2.24, 2.45) is 5.10 Å². The van der Waals surface area contributed by atoms with Crippen LogP contribution < -0.4 is 10.3 Å². The largest absolute Gasteiger partial charge is 0.504 e. The van der Waals surface area contributed by atoms with Gasteiger partial charge in [0.2, 0.25) is 4.77 Å². The second kappa shape index (κ2) is 7.70. The van der Waals surface area contributed by atoms with E-state index in [1.54, 1.807) is 6.07 Å². The standard InChI is InChI=1S/C17H17N5O3S/c1-2-25-13-6-4-12(5-7-13)16-19-20-17(26)22(16)21-18-10-11-3-8-14(23)15(24)9-11/h3-10,21,23-24H,2H2,1H3,(H,20,26). The molecule has 9 heteroatoms. The predicted molar refractivity (Wildman–Crippen MR) is 101 cm³/mol. The molecule has 3 aromatic rings. The van der Waals surface area contributed by atoms with Gasteiger partial charge in [0, 0.05) is 5.56 Å². The molecule has 0 atom stereocenters. The van der Waals surface area contributed by atoms with Crippen molar-refractivity contribution in [3.8, 4) is 28.6 Å². The van der Waals surface area contributed by atoms with Crippen molar-refractivity contribution < 1.29 is 14.9 Å². The lowest BCUT2D eigenvalue weighted by Crippen LogP contribution is -2.10. The first kappa shape index (κ1) is 17.5. The van der Waals surface area contributed by atoms with Crippen molar-refractivity contribution in [2.45, 2.75) is 6.92 Å². The highest BCUT2D eigenvalue weighted by Gasteiger charge is 2.08. The van der Waals surface area contributed by atoms with Crippen LogP contribution in [0.2, 0.25) is 0 Å². The Kier molecular flexibility index (Phi) is 5.18. The van der Waals surface area contributed by atoms with Crippen LogP contribution in [0.5, 0.6) is 17.2 Å². The number of hydrogen-bond acceptors (Lipinski definition) is 7. The Bertz CT molecular complexity index is 979. The van der Waals surface area contributed by atoms with Gasteiger partial charge in [-0.05, 0) is 67.2 Å². The molecule has 4 N–H and O–H groups in total. The zero-order valence-electron chi connectivity index (χ0n) is 13.9. The molecule has 0 unspecified atom stereocenters. The third-order valence-electron chi connectivity index (χ3n) is 3.47. The van der Waals surface area contributed by atoms with Gasteiger partial charge in [-0.2, -0.15) is 14.9 Å². The van der Waals surface area contributed by atoms with Gasteiger partial charge >= 0.3 is 0 Å². The van der Waals surface area contributed by atoms with Gasteiger partial charge in [0.15, 0.2) is 17.3 Å². The van der Waals surface area contributed by atoms with Gasteiger partial charge in [-0.3, -0.25) is 0 Å². The summed E-state index contributed by atoms with van der Waals surface area (Å²) < 4.78 is 7.29. The SMILES string of the molecule is CCOc1ccc(-c2n[nH]c(=S)n2NN=Cc2ccc(O)c(O)c2)cc1. The molecule has 0 amide bonds. The monoisotopic (exact) mass is 371 g/mol. The maximum absolute atomic E-state index is 9.50. The number of aromatic amines is 1. The summed E-state index contributed by atoms with van der Waals surface area (Å²) in [6.07, 6.45) is 1.48. The van der Waals surface area contributed by atoms with Gasteiger partial charge < -0.3 is 14.9 Å². The van der Waals surface area contributed by atoms with E-state index in [-0.39, 0.29) is 11.5 Å². The predicted octanol–water partition coefficient (Wildman–Crippen LogP) is 3.00. The van der Waals surface area contributed by atoms with E-state index in [4.69, 9.17) is 17.0 Å². The number of rotatable bonds is 6. The van der Waals surface area contributed by atoms with Crippen LogP contribution in [0.25, 0.3) is 11.4 Å². The quantitative estimate of drug-likeness (QED) is 0.230. The zero-order valence-corrected chi connectivity index (χ0v) is 14.7. The van der Waals surface area contributed by atoms with E-state index in [1.807, 2.05) is 31.2 Å². The summed E-state index contributed by atoms with van der Waals surface area (Å²) in [7, 11) is 0. The molecular weight excluding hydrogens is 354 g/mol. The zero-order chi connectivity index (χ0) is 18.5. The average molecular weight is 371 g/mol. The lowest BCUT2D eigenvalue weighted by molar-refractivity contribution is 0.340. The molecule has 0 saturated carbocycles. The van der Waals surface area contributed by atoms with Crippen molar-refractivity contribution in [1.82, 2.24) is 14.9 Å². The summed E-state index contributed by atoms with van der Waals surface area (Å²) in [5.74, 6) is 0.924. The number of phenols is 2. The second-order valence-electron chi connectivity index (χ2n) is 5.25. The van der Waals surface area contributed by atoms with Crippen molar-refractivity contribution in [3.63, 3.8) is 0 Å². The topological polar surface area (TPSA) is 108 Å². The number of nitrogens with zero attached hydrogens (tertiary/aromatic N) is 3. The van der Waals surface area contributed by atoms with Crippen molar-refractivity contribution in [3.05, 3.63) is 52.8 Å². The summed E-state index contributed by atoms with van der Waals surface area (Å²) in [6, 6.07) is 11.8. The molecule has 0 bridgehead atoms. The van der Waals surface area contributed by atoms with E-state index in [9.17, 15) is 10.2 Å². The van der Waals surface area contributed by atoms with Crippen molar-refractivity contribution in [2.75, 3.05) is 12.1 Å². The minimum absolute atomic E-state index is 0.190. The Balaban J connectivity index is 1.80. The fourth-order valence-electron chi connectivity index (χ4n) is 2.23. The molecule has 1 heterocycles. The highest BCUT2D eigenvalue weighted by atomic mass is 32.1. The van der Waals surface area contributed by atoms with Crippen LogP contribution in [0.1, 0.15) is 12.5 Å². The minimum atomic E-state index is -0.219. The van der Waals surface area contributed by atoms with Gasteiger partial charge in [-0.25, -0.2) is 10.6 Å². The molecule has 0 fully saturated rings. The Labute approximate surface area is 154 Å². The van der Waals surface area contributed by atoms with Crippen LogP contribution in [-0.4, -0.2) is 37.9 Å². The number of phenolic OH excluding ortho intramolecular Hbond substituents is 2. The molecule has 0 aliphatic heterocycles. The molecule has 0 aliphatic rings. The lowest BCUT2D eigenvalue weighted by atomic mass is 10.2. The number of aromatic nitrogens is 3. The Morgan fingerprint density at radius 3 is 2.69 bits per heavy atom. The van der Waals surface area contributed by atoms with Crippen LogP contribution in [0.4, 0.5) is 0 Å². The van der Waals surface area contributed by atoms with E-state index in [0.717, 1.165) is 11.3 Å². The van der Waals surface area contributed by atoms with Crippen LogP contribution in [0.15, 0.2) is 47.6 Å². The normalized spacial score (nSPS) is 11.0. The summed E-state index contributed by atoms with van der Waals surface area (Å²) in [4.78, 5) is 0. The number of H-pyrrole nitrogens is 1. The van der Waals surface area contributed by atoms with Crippen LogP contribution in [-0.2, 0) is 0 Å². The number of ether oxygens (including phenoxy) is 1. The summed E-state index contributed by atoms with van der Waals surface area (Å²) in [5.41, 5.74) is 4.22. The fourth-order valence-corrected chi connectivity index (χ4v) is 2.41. The van der Waals surface area contributed by atoms with E-state index < -0.39 is 0 Å². The smallest absolute Gasteiger partial charge is 0.216 e. The molecule has 3 rings (SSSR count). The third kappa shape index (κ3) is 3.83. The highest BCUT2D eigenvalue weighted by Crippen LogP contribution is 2.24. The van der Waals surface area contributed by atoms with Crippen LogP contribution in [0, 0.1) is 4.77 Å². The summed E-state index contributed by atoms with van der Waals surface area (Å²) in [5, 5.41) is 29.8. The third-order valence-corrected chi connectivity index (χ3v) is 3.74. The molecule has 0 saturated heterocycles. The van der Waals surface area contributed by atoms with Gasteiger partial charge in [0.1, 0.15) is 5.75 Å². The van der Waals surface area contributed by atoms with Gasteiger partial charge in [0.25, 0.3) is 0 Å². The number of hydrogen-bond donors (Lipinski definition) is 4. The Hall–Kier alpha value is -3.33. The summed E-state index contributed by atoms with van der Waals surface area (Å²) >= 11 is 5.22. The van der Waals surface area contributed by atoms with E-state index in [2.05, 4.69) is 20.8 Å². The van der Waals surface area contributed by atoms with Gasteiger partial charge in [-0.1, -0.05) is 0 Å². The van der Waals surface area contributed by atoms with Gasteiger partial charge in [0.05, 0.1) is 12.8 Å².